The summed E-state index contributed by atoms with van der Waals surface area (Å²) in [4.78, 5) is 0. The molecular formula is C16H10FN2O2-. The maximum Gasteiger partial charge on any atom is 0.222 e. The van der Waals surface area contributed by atoms with Gasteiger partial charge in [0.2, 0.25) is 5.90 Å². The predicted octanol–water partition coefficient (Wildman–Crippen LogP) is 3.20. The number of rotatable bonds is 1. The molecule has 1 atom stereocenters. The van der Waals surface area contributed by atoms with Crippen LogP contribution in [0, 0.1) is 11.2 Å². The summed E-state index contributed by atoms with van der Waals surface area (Å²) in [6.07, 6.45) is 0. The highest BCUT2D eigenvalue weighted by Gasteiger charge is 2.31. The Morgan fingerprint density at radius 2 is 2.05 bits per heavy atom. The van der Waals surface area contributed by atoms with Crippen molar-refractivity contribution in [1.29, 1.82) is 5.41 Å². The van der Waals surface area contributed by atoms with E-state index in [9.17, 15) is 14.9 Å². The maximum atomic E-state index is 13.5. The van der Waals surface area contributed by atoms with Crippen LogP contribution in [0.5, 0.6) is 11.5 Å². The molecule has 0 aliphatic carbocycles. The Hall–Kier alpha value is -2.91. The van der Waals surface area contributed by atoms with Crippen molar-refractivity contribution < 1.29 is 14.2 Å². The normalized spacial score (nSPS) is 16.9. The van der Waals surface area contributed by atoms with Crippen LogP contribution in [0.2, 0.25) is 0 Å². The zero-order chi connectivity index (χ0) is 15.0. The molecule has 1 aliphatic heterocycles. The number of phenolic OH excluding ortho intramolecular Hbond substituents is 1. The van der Waals surface area contributed by atoms with E-state index >= 15 is 0 Å². The standard InChI is InChI=1S/C16H10FN2O2/c17-10-3-1-2-9(6-10)15-12-5-4-11(20)7-14(12)21-16(19)13(15)8-18/h1-7,15,19-20H/q-1. The third-order valence-corrected chi connectivity index (χ3v) is 3.36. The van der Waals surface area contributed by atoms with Crippen molar-refractivity contribution in [2.75, 3.05) is 0 Å². The average molecular weight is 281 g/mol. The second kappa shape index (κ2) is 4.89. The molecule has 0 amide bonds. The Labute approximate surface area is 120 Å². The fraction of sp³-hybridized carbons (Fsp3) is 0.0625. The second-order valence-corrected chi connectivity index (χ2v) is 4.67. The molecule has 2 aromatic rings. The first-order valence-electron chi connectivity index (χ1n) is 6.22. The van der Waals surface area contributed by atoms with Crippen molar-refractivity contribution in [1.82, 2.24) is 0 Å². The number of hydrogen-bond donors (Lipinski definition) is 2. The SMILES string of the molecule is [N-]=C=C1C(=N)Oc2cc(O)ccc2C1c1cccc(F)c1. The Kier molecular flexibility index (Phi) is 3.05. The highest BCUT2D eigenvalue weighted by atomic mass is 19.1. The van der Waals surface area contributed by atoms with Gasteiger partial charge >= 0.3 is 0 Å². The van der Waals surface area contributed by atoms with Gasteiger partial charge in [-0.05, 0) is 23.8 Å². The molecule has 0 saturated carbocycles. The van der Waals surface area contributed by atoms with E-state index in [1.54, 1.807) is 18.2 Å². The van der Waals surface area contributed by atoms with Gasteiger partial charge in [-0.1, -0.05) is 18.2 Å². The predicted molar refractivity (Wildman–Crippen MR) is 76.6 cm³/mol. The van der Waals surface area contributed by atoms with Crippen molar-refractivity contribution >= 4 is 11.8 Å². The molecule has 0 spiro atoms. The number of benzene rings is 2. The molecule has 0 saturated heterocycles. The van der Waals surface area contributed by atoms with Gasteiger partial charge in [-0.3, -0.25) is 11.3 Å². The first kappa shape index (κ1) is 13.1. The van der Waals surface area contributed by atoms with E-state index in [1.165, 1.54) is 24.3 Å². The minimum Gasteiger partial charge on any atom is -0.763 e. The van der Waals surface area contributed by atoms with Crippen LogP contribution in [0.3, 0.4) is 0 Å². The molecule has 3 rings (SSSR count). The lowest BCUT2D eigenvalue weighted by Crippen LogP contribution is -2.24. The first-order valence-corrected chi connectivity index (χ1v) is 6.22. The molecule has 1 unspecified atom stereocenters. The van der Waals surface area contributed by atoms with E-state index in [1.807, 2.05) is 5.87 Å². The highest BCUT2D eigenvalue weighted by molar-refractivity contribution is 6.05. The molecule has 1 aliphatic rings. The highest BCUT2D eigenvalue weighted by Crippen LogP contribution is 2.42. The lowest BCUT2D eigenvalue weighted by molar-refractivity contribution is 0.463. The molecule has 0 bridgehead atoms. The fourth-order valence-electron chi connectivity index (χ4n) is 2.45. The van der Waals surface area contributed by atoms with Gasteiger partial charge in [0.1, 0.15) is 17.3 Å². The van der Waals surface area contributed by atoms with Gasteiger partial charge < -0.3 is 15.3 Å². The number of hydrogen-bond acceptors (Lipinski definition) is 3. The van der Waals surface area contributed by atoms with Crippen molar-refractivity contribution in [3.63, 3.8) is 0 Å². The van der Waals surface area contributed by atoms with Gasteiger partial charge in [-0.25, -0.2) is 4.39 Å². The van der Waals surface area contributed by atoms with E-state index < -0.39 is 11.7 Å². The van der Waals surface area contributed by atoms with Crippen LogP contribution in [0.25, 0.3) is 5.41 Å². The molecule has 2 N–H and O–H groups in total. The smallest absolute Gasteiger partial charge is 0.222 e. The number of nitrogens with zero attached hydrogens (tertiary/aromatic N) is 1. The van der Waals surface area contributed by atoms with Crippen molar-refractivity contribution in [3.8, 4) is 11.5 Å². The number of fused-ring (bicyclic) bond motifs is 1. The molecular weight excluding hydrogens is 271 g/mol. The summed E-state index contributed by atoms with van der Waals surface area (Å²) in [5.41, 5.74) is 1.29. The van der Waals surface area contributed by atoms with Gasteiger partial charge in [0.25, 0.3) is 0 Å². The van der Waals surface area contributed by atoms with Crippen molar-refractivity contribution in [3.05, 3.63) is 70.4 Å². The Bertz CT molecular complexity index is 795. The summed E-state index contributed by atoms with van der Waals surface area (Å²) in [6.45, 7) is 0. The quantitative estimate of drug-likeness (QED) is 0.787. The number of aromatic hydroxyl groups is 1. The summed E-state index contributed by atoms with van der Waals surface area (Å²) in [7, 11) is 0. The summed E-state index contributed by atoms with van der Waals surface area (Å²) in [5.74, 6) is 0.977. The van der Waals surface area contributed by atoms with Crippen LogP contribution in [0.4, 0.5) is 4.39 Å². The summed E-state index contributed by atoms with van der Waals surface area (Å²) in [5, 5.41) is 26.6. The monoisotopic (exact) mass is 281 g/mol. The van der Waals surface area contributed by atoms with E-state index in [-0.39, 0.29) is 17.2 Å². The van der Waals surface area contributed by atoms with Crippen LogP contribution in [-0.2, 0) is 0 Å². The molecule has 5 heteroatoms. The maximum absolute atomic E-state index is 13.5. The van der Waals surface area contributed by atoms with E-state index in [4.69, 9.17) is 10.1 Å². The molecule has 4 nitrogen and oxygen atoms in total. The number of phenols is 1. The van der Waals surface area contributed by atoms with Crippen LogP contribution >= 0.6 is 0 Å². The third kappa shape index (κ3) is 2.20. The molecule has 21 heavy (non-hydrogen) atoms. The zero-order valence-electron chi connectivity index (χ0n) is 10.8. The average Bonchev–Trinajstić information content (AvgIpc) is 2.45. The topological polar surface area (TPSA) is 75.6 Å². The van der Waals surface area contributed by atoms with E-state index in [2.05, 4.69) is 0 Å². The Morgan fingerprint density at radius 3 is 2.76 bits per heavy atom. The van der Waals surface area contributed by atoms with Crippen LogP contribution in [-0.4, -0.2) is 16.9 Å². The largest absolute Gasteiger partial charge is 0.763 e. The van der Waals surface area contributed by atoms with Gasteiger partial charge in [-0.2, -0.15) is 0 Å². The van der Waals surface area contributed by atoms with Crippen LogP contribution < -0.4 is 4.74 Å². The number of ether oxygens (including phenoxy) is 1. The third-order valence-electron chi connectivity index (χ3n) is 3.36. The minimum absolute atomic E-state index is 0.0000464. The molecule has 1 heterocycles. The Balaban J connectivity index is 2.25. The number of halogens is 1. The summed E-state index contributed by atoms with van der Waals surface area (Å²) >= 11 is 0. The molecule has 104 valence electrons. The van der Waals surface area contributed by atoms with Gasteiger partial charge in [0, 0.05) is 23.1 Å². The fourth-order valence-corrected chi connectivity index (χ4v) is 2.45. The van der Waals surface area contributed by atoms with E-state index in [0.29, 0.717) is 16.9 Å². The number of nitrogens with one attached hydrogen (secondary N) is 1. The zero-order valence-corrected chi connectivity index (χ0v) is 10.8. The van der Waals surface area contributed by atoms with E-state index in [0.717, 1.165) is 0 Å². The lowest BCUT2D eigenvalue weighted by atomic mass is 9.83. The van der Waals surface area contributed by atoms with Crippen molar-refractivity contribution in [2.45, 2.75) is 5.92 Å². The van der Waals surface area contributed by atoms with Crippen LogP contribution in [0.15, 0.2) is 48.0 Å². The molecule has 0 radical (unpaired) electrons. The molecule has 2 aromatic carbocycles. The minimum atomic E-state index is -0.581. The van der Waals surface area contributed by atoms with Gasteiger partial charge in [0.15, 0.2) is 0 Å². The van der Waals surface area contributed by atoms with Gasteiger partial charge in [0.05, 0.1) is 0 Å². The van der Waals surface area contributed by atoms with Crippen molar-refractivity contribution in [2.24, 2.45) is 0 Å². The molecule has 0 fully saturated rings. The summed E-state index contributed by atoms with van der Waals surface area (Å²) < 4.78 is 18.7. The van der Waals surface area contributed by atoms with Crippen LogP contribution in [0.1, 0.15) is 17.0 Å². The molecule has 0 aromatic heterocycles. The lowest BCUT2D eigenvalue weighted by Gasteiger charge is -2.28. The summed E-state index contributed by atoms with van der Waals surface area (Å²) in [6, 6.07) is 10.4. The van der Waals surface area contributed by atoms with Gasteiger partial charge in [-0.15, -0.1) is 0 Å². The first-order chi connectivity index (χ1) is 10.1. The Morgan fingerprint density at radius 1 is 1.24 bits per heavy atom. The second-order valence-electron chi connectivity index (χ2n) is 4.67.